The average Bonchev–Trinajstić information content (AvgIpc) is 2.92. The fourth-order valence-corrected chi connectivity index (χ4v) is 2.05. The number of anilines is 1. The molecular weight excluding hydrogens is 262 g/mol. The number of rotatable bonds is 6. The summed E-state index contributed by atoms with van der Waals surface area (Å²) in [7, 11) is 0. The minimum Gasteiger partial charge on any atom is -0.377 e. The SMILES string of the molecule is O=C(CNCC1CCCO1)Nc1cccc([N+](=O)[O-])c1. The number of hydrogen-bond donors (Lipinski definition) is 2. The van der Waals surface area contributed by atoms with Gasteiger partial charge in [0.2, 0.25) is 5.91 Å². The Bertz CT molecular complexity index is 486. The van der Waals surface area contributed by atoms with Gasteiger partial charge in [-0.2, -0.15) is 0 Å². The number of nitrogens with one attached hydrogen (secondary N) is 2. The lowest BCUT2D eigenvalue weighted by Crippen LogP contribution is -2.33. The normalized spacial score (nSPS) is 17.9. The Morgan fingerprint density at radius 1 is 1.50 bits per heavy atom. The molecular formula is C13H17N3O4. The maximum Gasteiger partial charge on any atom is 0.271 e. The first kappa shape index (κ1) is 14.4. The third kappa shape index (κ3) is 4.29. The Balaban J connectivity index is 1.76. The van der Waals surface area contributed by atoms with Crippen molar-refractivity contribution in [2.24, 2.45) is 0 Å². The van der Waals surface area contributed by atoms with E-state index in [1.54, 1.807) is 6.07 Å². The zero-order chi connectivity index (χ0) is 14.4. The molecule has 1 amide bonds. The van der Waals surface area contributed by atoms with E-state index < -0.39 is 4.92 Å². The summed E-state index contributed by atoms with van der Waals surface area (Å²) >= 11 is 0. The molecule has 0 spiro atoms. The molecule has 0 bridgehead atoms. The lowest BCUT2D eigenvalue weighted by Gasteiger charge is -2.10. The van der Waals surface area contributed by atoms with Gasteiger partial charge >= 0.3 is 0 Å². The van der Waals surface area contributed by atoms with Crippen LogP contribution in [-0.4, -0.2) is 36.6 Å². The van der Waals surface area contributed by atoms with Gasteiger partial charge in [0.25, 0.3) is 5.69 Å². The number of non-ortho nitro benzene ring substituents is 1. The molecule has 1 aromatic rings. The van der Waals surface area contributed by atoms with E-state index in [-0.39, 0.29) is 24.2 Å². The van der Waals surface area contributed by atoms with Crippen LogP contribution in [0.25, 0.3) is 0 Å². The van der Waals surface area contributed by atoms with E-state index in [1.807, 2.05) is 0 Å². The van der Waals surface area contributed by atoms with Crippen LogP contribution in [-0.2, 0) is 9.53 Å². The minimum atomic E-state index is -0.495. The van der Waals surface area contributed by atoms with E-state index in [0.29, 0.717) is 12.2 Å². The van der Waals surface area contributed by atoms with E-state index >= 15 is 0 Å². The molecule has 0 saturated carbocycles. The summed E-state index contributed by atoms with van der Waals surface area (Å²) in [6, 6.07) is 5.86. The quantitative estimate of drug-likeness (QED) is 0.604. The minimum absolute atomic E-state index is 0.0462. The van der Waals surface area contributed by atoms with Gasteiger partial charge in [0.15, 0.2) is 0 Å². The van der Waals surface area contributed by atoms with Crippen molar-refractivity contribution in [3.8, 4) is 0 Å². The average molecular weight is 279 g/mol. The molecule has 0 aromatic heterocycles. The largest absolute Gasteiger partial charge is 0.377 e. The van der Waals surface area contributed by atoms with Crippen LogP contribution in [0.2, 0.25) is 0 Å². The van der Waals surface area contributed by atoms with Crippen LogP contribution >= 0.6 is 0 Å². The molecule has 1 aromatic carbocycles. The number of benzene rings is 1. The Morgan fingerprint density at radius 3 is 3.05 bits per heavy atom. The topological polar surface area (TPSA) is 93.5 Å². The van der Waals surface area contributed by atoms with Crippen molar-refractivity contribution in [1.29, 1.82) is 0 Å². The molecule has 1 heterocycles. The van der Waals surface area contributed by atoms with E-state index in [9.17, 15) is 14.9 Å². The maximum atomic E-state index is 11.7. The zero-order valence-electron chi connectivity index (χ0n) is 11.0. The highest BCUT2D eigenvalue weighted by Crippen LogP contribution is 2.16. The van der Waals surface area contributed by atoms with Crippen molar-refractivity contribution in [2.75, 3.05) is 25.0 Å². The van der Waals surface area contributed by atoms with Gasteiger partial charge in [-0.15, -0.1) is 0 Å². The number of nitro benzene ring substituents is 1. The Hall–Kier alpha value is -1.99. The molecule has 0 aliphatic carbocycles. The Kier molecular flexibility index (Phi) is 5.03. The standard InChI is InChI=1S/C13H17N3O4/c17-13(9-14-8-12-5-2-6-20-12)15-10-3-1-4-11(7-10)16(18)19/h1,3-4,7,12,14H,2,5-6,8-9H2,(H,15,17). The monoisotopic (exact) mass is 279 g/mol. The molecule has 2 rings (SSSR count). The first-order chi connectivity index (χ1) is 9.65. The predicted octanol–water partition coefficient (Wildman–Crippen LogP) is 1.30. The van der Waals surface area contributed by atoms with Crippen LogP contribution in [0.5, 0.6) is 0 Å². The molecule has 1 unspecified atom stereocenters. The second-order valence-electron chi connectivity index (χ2n) is 4.62. The van der Waals surface area contributed by atoms with Crippen molar-refractivity contribution in [2.45, 2.75) is 18.9 Å². The number of carbonyl (C=O) groups excluding carboxylic acids is 1. The van der Waals surface area contributed by atoms with E-state index in [0.717, 1.165) is 19.4 Å². The molecule has 1 atom stereocenters. The summed E-state index contributed by atoms with van der Waals surface area (Å²) in [5.41, 5.74) is 0.373. The van der Waals surface area contributed by atoms with Gasteiger partial charge in [0.05, 0.1) is 17.6 Å². The van der Waals surface area contributed by atoms with Gasteiger partial charge in [0, 0.05) is 31.0 Å². The van der Waals surface area contributed by atoms with Gasteiger partial charge < -0.3 is 15.4 Å². The first-order valence-corrected chi connectivity index (χ1v) is 6.52. The van der Waals surface area contributed by atoms with Crippen molar-refractivity contribution in [1.82, 2.24) is 5.32 Å². The Morgan fingerprint density at radius 2 is 2.35 bits per heavy atom. The molecule has 1 saturated heterocycles. The number of hydrogen-bond acceptors (Lipinski definition) is 5. The molecule has 7 heteroatoms. The molecule has 2 N–H and O–H groups in total. The summed E-state index contributed by atoms with van der Waals surface area (Å²) in [5, 5.41) is 16.3. The summed E-state index contributed by atoms with van der Waals surface area (Å²) in [4.78, 5) is 21.8. The van der Waals surface area contributed by atoms with Crippen LogP contribution in [0, 0.1) is 10.1 Å². The number of nitrogens with zero attached hydrogens (tertiary/aromatic N) is 1. The first-order valence-electron chi connectivity index (χ1n) is 6.52. The van der Waals surface area contributed by atoms with Crippen LogP contribution < -0.4 is 10.6 Å². The highest BCUT2D eigenvalue weighted by molar-refractivity contribution is 5.92. The van der Waals surface area contributed by atoms with Crippen molar-refractivity contribution in [3.05, 3.63) is 34.4 Å². The van der Waals surface area contributed by atoms with Gasteiger partial charge in [-0.05, 0) is 18.9 Å². The molecule has 20 heavy (non-hydrogen) atoms. The smallest absolute Gasteiger partial charge is 0.271 e. The number of ether oxygens (including phenoxy) is 1. The highest BCUT2D eigenvalue weighted by Gasteiger charge is 2.15. The molecule has 0 radical (unpaired) electrons. The van der Waals surface area contributed by atoms with Crippen LogP contribution in [0.1, 0.15) is 12.8 Å². The zero-order valence-corrected chi connectivity index (χ0v) is 11.0. The summed E-state index contributed by atoms with van der Waals surface area (Å²) in [6.45, 7) is 1.58. The maximum absolute atomic E-state index is 11.7. The fraction of sp³-hybridized carbons (Fsp3) is 0.462. The van der Waals surface area contributed by atoms with Crippen molar-refractivity contribution >= 4 is 17.3 Å². The predicted molar refractivity (Wildman–Crippen MR) is 73.6 cm³/mol. The lowest BCUT2D eigenvalue weighted by molar-refractivity contribution is -0.384. The molecule has 1 fully saturated rings. The number of nitro groups is 1. The number of carbonyl (C=O) groups is 1. The van der Waals surface area contributed by atoms with E-state index in [4.69, 9.17) is 4.74 Å². The second kappa shape index (κ2) is 6.97. The lowest BCUT2D eigenvalue weighted by atomic mass is 10.2. The van der Waals surface area contributed by atoms with E-state index in [1.165, 1.54) is 18.2 Å². The summed E-state index contributed by atoms with van der Waals surface area (Å²) in [5.74, 6) is -0.233. The van der Waals surface area contributed by atoms with Crippen LogP contribution in [0.15, 0.2) is 24.3 Å². The van der Waals surface area contributed by atoms with Gasteiger partial charge in [-0.3, -0.25) is 14.9 Å². The fourth-order valence-electron chi connectivity index (χ4n) is 2.05. The summed E-state index contributed by atoms with van der Waals surface area (Å²) in [6.07, 6.45) is 2.26. The molecule has 1 aliphatic heterocycles. The second-order valence-corrected chi connectivity index (χ2v) is 4.62. The highest BCUT2D eigenvalue weighted by atomic mass is 16.6. The van der Waals surface area contributed by atoms with Crippen molar-refractivity contribution in [3.63, 3.8) is 0 Å². The third-order valence-electron chi connectivity index (χ3n) is 3.02. The van der Waals surface area contributed by atoms with Gasteiger partial charge in [-0.1, -0.05) is 6.07 Å². The third-order valence-corrected chi connectivity index (χ3v) is 3.02. The van der Waals surface area contributed by atoms with Gasteiger partial charge in [-0.25, -0.2) is 0 Å². The Labute approximate surface area is 116 Å². The number of amides is 1. The van der Waals surface area contributed by atoms with Crippen molar-refractivity contribution < 1.29 is 14.5 Å². The molecule has 7 nitrogen and oxygen atoms in total. The van der Waals surface area contributed by atoms with Crippen LogP contribution in [0.4, 0.5) is 11.4 Å². The van der Waals surface area contributed by atoms with E-state index in [2.05, 4.69) is 10.6 Å². The molecule has 1 aliphatic rings. The van der Waals surface area contributed by atoms with Crippen LogP contribution in [0.3, 0.4) is 0 Å². The summed E-state index contributed by atoms with van der Waals surface area (Å²) < 4.78 is 5.43. The van der Waals surface area contributed by atoms with Gasteiger partial charge in [0.1, 0.15) is 0 Å². The molecule has 108 valence electrons.